The van der Waals surface area contributed by atoms with Gasteiger partial charge in [-0.15, -0.1) is 0 Å². The van der Waals surface area contributed by atoms with Crippen molar-refractivity contribution >= 4 is 5.97 Å². The third-order valence-electron chi connectivity index (χ3n) is 3.43. The first-order valence-corrected chi connectivity index (χ1v) is 8.84. The molecule has 4 heteroatoms. The van der Waals surface area contributed by atoms with Crippen LogP contribution < -0.4 is 5.11 Å². The molecular formula is C20H31O4-. The Balaban J connectivity index is 3.70. The Morgan fingerprint density at radius 3 is 2.42 bits per heavy atom. The highest BCUT2D eigenvalue weighted by Gasteiger charge is 2.02. The molecule has 0 heterocycles. The van der Waals surface area contributed by atoms with Gasteiger partial charge in [-0.25, -0.2) is 4.89 Å². The fourth-order valence-corrected chi connectivity index (χ4v) is 2.05. The van der Waals surface area contributed by atoms with Crippen LogP contribution in [0.2, 0.25) is 0 Å². The number of hydrogen-bond donors (Lipinski definition) is 1. The Labute approximate surface area is 146 Å². The summed E-state index contributed by atoms with van der Waals surface area (Å²) in [6, 6.07) is 0. The summed E-state index contributed by atoms with van der Waals surface area (Å²) in [6.07, 6.45) is 23.2. The summed E-state index contributed by atoms with van der Waals surface area (Å²) < 4.78 is 0. The molecule has 0 aromatic carbocycles. The molecule has 136 valence electrons. The maximum absolute atomic E-state index is 10.2. The molecule has 0 saturated carbocycles. The summed E-state index contributed by atoms with van der Waals surface area (Å²) >= 11 is 0. The van der Waals surface area contributed by atoms with E-state index in [4.69, 9.17) is 5.26 Å². The normalized spacial score (nSPS) is 13.8. The molecule has 24 heavy (non-hydrogen) atoms. The minimum absolute atomic E-state index is 0.124. The average Bonchev–Trinajstić information content (AvgIpc) is 2.57. The van der Waals surface area contributed by atoms with Gasteiger partial charge in [0.05, 0.1) is 0 Å². The molecule has 0 aromatic heterocycles. The van der Waals surface area contributed by atoms with Crippen molar-refractivity contribution in [2.75, 3.05) is 0 Å². The van der Waals surface area contributed by atoms with E-state index in [1.165, 1.54) is 0 Å². The third-order valence-corrected chi connectivity index (χ3v) is 3.43. The molecule has 0 aromatic rings. The highest BCUT2D eigenvalue weighted by atomic mass is 17.1. The predicted octanol–water partition coefficient (Wildman–Crippen LogP) is 4.35. The number of carbonyl (C=O) groups excluding carboxylic acids is 1. The summed E-state index contributed by atoms with van der Waals surface area (Å²) in [5, 5.41) is 19.0. The van der Waals surface area contributed by atoms with Gasteiger partial charge in [0.25, 0.3) is 0 Å². The zero-order valence-corrected chi connectivity index (χ0v) is 14.7. The molecule has 0 radical (unpaired) electrons. The lowest BCUT2D eigenvalue weighted by molar-refractivity contribution is -0.305. The van der Waals surface area contributed by atoms with Crippen LogP contribution in [0.5, 0.6) is 0 Å². The Morgan fingerprint density at radius 1 is 1.04 bits per heavy atom. The van der Waals surface area contributed by atoms with E-state index in [0.717, 1.165) is 44.9 Å². The summed E-state index contributed by atoms with van der Waals surface area (Å²) in [6.45, 7) is 2.15. The van der Waals surface area contributed by atoms with Crippen molar-refractivity contribution in [2.24, 2.45) is 0 Å². The van der Waals surface area contributed by atoms with Crippen LogP contribution in [0.1, 0.15) is 64.7 Å². The number of carboxylic acids is 1. The standard InChI is InChI=1S/C20H32O4/c1-2-3-13-16-19(24-23)17-14-11-9-7-5-4-6-8-10-12-15-18-20(21)22/h4-5,8-11,14,17,19,23H,2-3,6-7,12-13,15-16,18H2,1H3,(H,21,22)/p-1/b5-4-,10-8-,11-9-,17-14+/t19-/m1/s1. The lowest BCUT2D eigenvalue weighted by atomic mass is 10.1. The second-order valence-electron chi connectivity index (χ2n) is 5.63. The molecule has 0 bridgehead atoms. The molecule has 0 aliphatic carbocycles. The molecule has 0 unspecified atom stereocenters. The molecule has 0 fully saturated rings. The smallest absolute Gasteiger partial charge is 0.111 e. The van der Waals surface area contributed by atoms with E-state index in [1.807, 2.05) is 36.5 Å². The minimum atomic E-state index is -0.984. The Kier molecular flexibility index (Phi) is 16.5. The number of unbranched alkanes of at least 4 members (excludes halogenated alkanes) is 3. The SMILES string of the molecule is CCCCC[C@H](/C=C/C=C\C/C=C\C/C=C\CCCC(=O)[O-])OO. The van der Waals surface area contributed by atoms with Gasteiger partial charge in [-0.05, 0) is 38.5 Å². The number of hydrogen-bond acceptors (Lipinski definition) is 4. The van der Waals surface area contributed by atoms with Crippen LogP contribution in [-0.4, -0.2) is 17.3 Å². The van der Waals surface area contributed by atoms with Gasteiger partial charge < -0.3 is 9.90 Å². The van der Waals surface area contributed by atoms with Crippen molar-refractivity contribution in [3.05, 3.63) is 48.6 Å². The first kappa shape index (κ1) is 22.4. The van der Waals surface area contributed by atoms with Crippen LogP contribution in [0.15, 0.2) is 48.6 Å². The quantitative estimate of drug-likeness (QED) is 0.159. The van der Waals surface area contributed by atoms with Crippen LogP contribution >= 0.6 is 0 Å². The molecule has 0 spiro atoms. The van der Waals surface area contributed by atoms with E-state index < -0.39 is 5.97 Å². The zero-order valence-electron chi connectivity index (χ0n) is 14.7. The molecule has 0 amide bonds. The fraction of sp³-hybridized carbons (Fsp3) is 0.550. The highest BCUT2D eigenvalue weighted by molar-refractivity contribution is 5.64. The van der Waals surface area contributed by atoms with Crippen molar-refractivity contribution in [1.29, 1.82) is 0 Å². The van der Waals surface area contributed by atoms with Gasteiger partial charge in [-0.1, -0.05) is 74.8 Å². The zero-order chi connectivity index (χ0) is 17.9. The van der Waals surface area contributed by atoms with Crippen molar-refractivity contribution < 1.29 is 20.0 Å². The first-order valence-electron chi connectivity index (χ1n) is 8.84. The van der Waals surface area contributed by atoms with Gasteiger partial charge in [-0.3, -0.25) is 5.26 Å². The Hall–Kier alpha value is -1.65. The molecule has 1 N–H and O–H groups in total. The third kappa shape index (κ3) is 16.7. The molecular weight excluding hydrogens is 304 g/mol. The van der Waals surface area contributed by atoms with Gasteiger partial charge in [0.1, 0.15) is 6.10 Å². The number of allylic oxidation sites excluding steroid dienone is 7. The van der Waals surface area contributed by atoms with Crippen molar-refractivity contribution in [1.82, 2.24) is 0 Å². The largest absolute Gasteiger partial charge is 0.550 e. The monoisotopic (exact) mass is 335 g/mol. The Morgan fingerprint density at radius 2 is 1.75 bits per heavy atom. The molecule has 4 nitrogen and oxygen atoms in total. The fourth-order valence-electron chi connectivity index (χ4n) is 2.05. The second-order valence-corrected chi connectivity index (χ2v) is 5.63. The number of carbonyl (C=O) groups is 1. The number of rotatable bonds is 15. The van der Waals surface area contributed by atoms with E-state index in [2.05, 4.69) is 24.0 Å². The van der Waals surface area contributed by atoms with Gasteiger partial charge >= 0.3 is 0 Å². The van der Waals surface area contributed by atoms with Crippen LogP contribution in [0.3, 0.4) is 0 Å². The molecule has 1 atom stereocenters. The number of carboxylic acid groups (broad SMARTS) is 1. The van der Waals surface area contributed by atoms with Gasteiger partial charge in [0.15, 0.2) is 0 Å². The lowest BCUT2D eigenvalue weighted by Gasteiger charge is -2.07. The molecule has 0 rings (SSSR count). The van der Waals surface area contributed by atoms with Crippen LogP contribution in [-0.2, 0) is 9.68 Å². The van der Waals surface area contributed by atoms with Crippen LogP contribution in [0, 0.1) is 0 Å². The van der Waals surface area contributed by atoms with Crippen molar-refractivity contribution in [3.63, 3.8) is 0 Å². The number of aliphatic carboxylic acids is 1. The molecule has 0 saturated heterocycles. The van der Waals surface area contributed by atoms with Gasteiger partial charge in [0, 0.05) is 5.97 Å². The minimum Gasteiger partial charge on any atom is -0.550 e. The average molecular weight is 335 g/mol. The summed E-state index contributed by atoms with van der Waals surface area (Å²) in [4.78, 5) is 14.6. The van der Waals surface area contributed by atoms with E-state index in [1.54, 1.807) is 0 Å². The maximum Gasteiger partial charge on any atom is 0.111 e. The van der Waals surface area contributed by atoms with E-state index in [9.17, 15) is 9.90 Å². The maximum atomic E-state index is 10.2. The highest BCUT2D eigenvalue weighted by Crippen LogP contribution is 2.07. The van der Waals surface area contributed by atoms with E-state index in [-0.39, 0.29) is 12.5 Å². The molecule has 0 aliphatic rings. The van der Waals surface area contributed by atoms with Gasteiger partial charge in [0.2, 0.25) is 0 Å². The summed E-state index contributed by atoms with van der Waals surface area (Å²) in [5.41, 5.74) is 0. The summed E-state index contributed by atoms with van der Waals surface area (Å²) in [7, 11) is 0. The topological polar surface area (TPSA) is 69.6 Å². The van der Waals surface area contributed by atoms with E-state index >= 15 is 0 Å². The van der Waals surface area contributed by atoms with Gasteiger partial charge in [-0.2, -0.15) is 0 Å². The van der Waals surface area contributed by atoms with Crippen molar-refractivity contribution in [3.8, 4) is 0 Å². The van der Waals surface area contributed by atoms with Crippen molar-refractivity contribution in [2.45, 2.75) is 70.8 Å². The second kappa shape index (κ2) is 17.7. The van der Waals surface area contributed by atoms with Crippen LogP contribution in [0.25, 0.3) is 0 Å². The first-order chi connectivity index (χ1) is 11.7. The van der Waals surface area contributed by atoms with Crippen LogP contribution in [0.4, 0.5) is 0 Å². The predicted molar refractivity (Wildman–Crippen MR) is 96.3 cm³/mol. The Bertz CT molecular complexity index is 408. The van der Waals surface area contributed by atoms with E-state index in [0.29, 0.717) is 6.42 Å². The molecule has 0 aliphatic heterocycles. The lowest BCUT2D eigenvalue weighted by Crippen LogP contribution is -2.21. The summed E-state index contributed by atoms with van der Waals surface area (Å²) in [5.74, 6) is -0.984.